The van der Waals surface area contributed by atoms with Gasteiger partial charge < -0.3 is 19.5 Å². The van der Waals surface area contributed by atoms with Crippen molar-refractivity contribution < 1.29 is 37.0 Å². The summed E-state index contributed by atoms with van der Waals surface area (Å²) >= 11 is 0. The molecular weight excluding hydrogens is 379 g/mol. The summed E-state index contributed by atoms with van der Waals surface area (Å²) in [5.74, 6) is -1.09. The summed E-state index contributed by atoms with van der Waals surface area (Å²) in [6.45, 7) is 1.25. The fraction of sp³-hybridized carbons (Fsp3) is 0.263. The van der Waals surface area contributed by atoms with Crippen LogP contribution < -0.4 is 14.8 Å². The molecular formula is C19H18F3NO5. The highest BCUT2D eigenvalue weighted by atomic mass is 19.4. The van der Waals surface area contributed by atoms with Gasteiger partial charge in [-0.25, -0.2) is 4.79 Å². The summed E-state index contributed by atoms with van der Waals surface area (Å²) in [6, 6.07) is 8.82. The number of carbonyl (C=O) groups excluding carboxylic acids is 2. The van der Waals surface area contributed by atoms with Crippen LogP contribution in [0.4, 0.5) is 18.9 Å². The molecule has 1 atom stereocenters. The summed E-state index contributed by atoms with van der Waals surface area (Å²) in [5.41, 5.74) is -1.36. The van der Waals surface area contributed by atoms with Crippen LogP contribution >= 0.6 is 0 Å². The zero-order chi connectivity index (χ0) is 20.9. The van der Waals surface area contributed by atoms with Gasteiger partial charge in [-0.3, -0.25) is 4.79 Å². The van der Waals surface area contributed by atoms with Crippen molar-refractivity contribution in [2.24, 2.45) is 0 Å². The molecule has 0 aliphatic carbocycles. The van der Waals surface area contributed by atoms with E-state index >= 15 is 0 Å². The number of para-hydroxylation sites is 1. The first-order valence-electron chi connectivity index (χ1n) is 8.07. The first-order chi connectivity index (χ1) is 13.2. The minimum Gasteiger partial charge on any atom is -0.497 e. The molecule has 0 aliphatic rings. The highest BCUT2D eigenvalue weighted by Gasteiger charge is 2.34. The summed E-state index contributed by atoms with van der Waals surface area (Å²) < 4.78 is 54.2. The van der Waals surface area contributed by atoms with Gasteiger partial charge in [-0.2, -0.15) is 13.2 Å². The molecule has 0 bridgehead atoms. The molecule has 28 heavy (non-hydrogen) atoms. The van der Waals surface area contributed by atoms with Gasteiger partial charge in [0.25, 0.3) is 5.91 Å². The van der Waals surface area contributed by atoms with E-state index in [1.807, 2.05) is 0 Å². The van der Waals surface area contributed by atoms with Crippen LogP contribution in [0.5, 0.6) is 11.5 Å². The van der Waals surface area contributed by atoms with Gasteiger partial charge in [0.05, 0.1) is 31.0 Å². The molecule has 2 aromatic carbocycles. The molecule has 0 heterocycles. The monoisotopic (exact) mass is 397 g/mol. The molecule has 2 aromatic rings. The third kappa shape index (κ3) is 5.15. The number of alkyl halides is 3. The number of rotatable bonds is 6. The summed E-state index contributed by atoms with van der Waals surface area (Å²) in [7, 11) is 2.80. The second kappa shape index (κ2) is 8.64. The summed E-state index contributed by atoms with van der Waals surface area (Å²) in [6.07, 6.45) is -5.98. The predicted molar refractivity (Wildman–Crippen MR) is 94.5 cm³/mol. The van der Waals surface area contributed by atoms with Crippen LogP contribution in [0.1, 0.15) is 22.8 Å². The van der Waals surface area contributed by atoms with Crippen molar-refractivity contribution in [2.45, 2.75) is 19.2 Å². The molecule has 150 valence electrons. The molecule has 1 N–H and O–H groups in total. The Bertz CT molecular complexity index is 845. The molecule has 0 aromatic heterocycles. The molecule has 2 rings (SSSR count). The topological polar surface area (TPSA) is 73.9 Å². The minimum absolute atomic E-state index is 0.0616. The molecule has 0 radical (unpaired) electrons. The fourth-order valence-corrected chi connectivity index (χ4v) is 2.28. The van der Waals surface area contributed by atoms with Gasteiger partial charge in [0.2, 0.25) is 0 Å². The lowest BCUT2D eigenvalue weighted by Gasteiger charge is -2.17. The van der Waals surface area contributed by atoms with Crippen molar-refractivity contribution >= 4 is 17.6 Å². The van der Waals surface area contributed by atoms with E-state index < -0.39 is 35.4 Å². The van der Waals surface area contributed by atoms with Crippen molar-refractivity contribution in [3.05, 3.63) is 53.6 Å². The number of hydrogen-bond donors (Lipinski definition) is 1. The Morgan fingerprint density at radius 3 is 2.11 bits per heavy atom. The van der Waals surface area contributed by atoms with E-state index in [2.05, 4.69) is 5.32 Å². The number of benzene rings is 2. The maximum atomic E-state index is 13.0. The molecule has 0 fully saturated rings. The maximum Gasteiger partial charge on any atom is 0.418 e. The van der Waals surface area contributed by atoms with E-state index in [-0.39, 0.29) is 5.56 Å². The van der Waals surface area contributed by atoms with Crippen LogP contribution in [0, 0.1) is 0 Å². The Morgan fingerprint density at radius 2 is 1.57 bits per heavy atom. The Morgan fingerprint density at radius 1 is 1.00 bits per heavy atom. The van der Waals surface area contributed by atoms with E-state index in [0.29, 0.717) is 11.5 Å². The maximum absolute atomic E-state index is 13.0. The van der Waals surface area contributed by atoms with E-state index in [9.17, 15) is 22.8 Å². The third-order valence-corrected chi connectivity index (χ3v) is 3.73. The second-order valence-electron chi connectivity index (χ2n) is 5.68. The van der Waals surface area contributed by atoms with Crippen LogP contribution in [-0.2, 0) is 15.7 Å². The van der Waals surface area contributed by atoms with Crippen LogP contribution in [0.3, 0.4) is 0 Å². The number of methoxy groups -OCH3 is 2. The van der Waals surface area contributed by atoms with E-state index in [1.54, 1.807) is 6.07 Å². The molecule has 0 saturated heterocycles. The minimum atomic E-state index is -4.64. The zero-order valence-corrected chi connectivity index (χ0v) is 15.3. The van der Waals surface area contributed by atoms with Crippen molar-refractivity contribution in [3.63, 3.8) is 0 Å². The first kappa shape index (κ1) is 21.1. The van der Waals surface area contributed by atoms with Crippen molar-refractivity contribution in [2.75, 3.05) is 19.5 Å². The number of hydrogen-bond acceptors (Lipinski definition) is 5. The largest absolute Gasteiger partial charge is 0.497 e. The Balaban J connectivity index is 2.12. The van der Waals surface area contributed by atoms with Gasteiger partial charge in [0, 0.05) is 6.07 Å². The van der Waals surface area contributed by atoms with Crippen LogP contribution in [0.15, 0.2) is 42.5 Å². The zero-order valence-electron chi connectivity index (χ0n) is 15.3. The highest BCUT2D eigenvalue weighted by molar-refractivity contribution is 5.98. The number of amides is 1. The van der Waals surface area contributed by atoms with Gasteiger partial charge in [0.1, 0.15) is 11.5 Å². The van der Waals surface area contributed by atoms with Gasteiger partial charge in [-0.05, 0) is 31.2 Å². The van der Waals surface area contributed by atoms with Gasteiger partial charge in [-0.1, -0.05) is 12.1 Å². The number of carbonyl (C=O) groups is 2. The molecule has 0 unspecified atom stereocenters. The normalized spacial score (nSPS) is 12.1. The Hall–Kier alpha value is -3.23. The smallest absolute Gasteiger partial charge is 0.418 e. The number of esters is 1. The summed E-state index contributed by atoms with van der Waals surface area (Å²) in [5, 5.41) is 2.13. The lowest BCUT2D eigenvalue weighted by atomic mass is 10.1. The van der Waals surface area contributed by atoms with Crippen molar-refractivity contribution in [3.8, 4) is 11.5 Å². The quantitative estimate of drug-likeness (QED) is 0.749. The van der Waals surface area contributed by atoms with Crippen molar-refractivity contribution in [1.29, 1.82) is 0 Å². The van der Waals surface area contributed by atoms with Gasteiger partial charge >= 0.3 is 12.1 Å². The molecule has 0 saturated carbocycles. The molecule has 0 spiro atoms. The summed E-state index contributed by atoms with van der Waals surface area (Å²) in [4.78, 5) is 24.5. The molecule has 9 heteroatoms. The van der Waals surface area contributed by atoms with Crippen LogP contribution in [0.25, 0.3) is 0 Å². The first-order valence-corrected chi connectivity index (χ1v) is 8.07. The van der Waals surface area contributed by atoms with E-state index in [1.165, 1.54) is 45.4 Å². The number of anilines is 1. The Kier molecular flexibility index (Phi) is 6.50. The number of ether oxygens (including phenoxy) is 3. The third-order valence-electron chi connectivity index (χ3n) is 3.73. The predicted octanol–water partition coefficient (Wildman–Crippen LogP) is 3.91. The van der Waals surface area contributed by atoms with Crippen molar-refractivity contribution in [1.82, 2.24) is 0 Å². The van der Waals surface area contributed by atoms with E-state index in [4.69, 9.17) is 14.2 Å². The average Bonchev–Trinajstić information content (AvgIpc) is 2.66. The molecule has 0 aliphatic heterocycles. The standard InChI is InChI=1S/C19H18F3NO5/c1-11(17(24)23-16-7-5-4-6-15(16)19(20,21)22)28-18(25)12-8-13(26-2)10-14(9-12)27-3/h4-11H,1-3H3,(H,23,24)/t11-/m0/s1. The molecule has 6 nitrogen and oxygen atoms in total. The highest BCUT2D eigenvalue weighted by Crippen LogP contribution is 2.34. The second-order valence-corrected chi connectivity index (χ2v) is 5.68. The lowest BCUT2D eigenvalue weighted by molar-refractivity contribution is -0.137. The SMILES string of the molecule is COc1cc(OC)cc(C(=O)O[C@@H](C)C(=O)Nc2ccccc2C(F)(F)F)c1. The number of halogens is 3. The average molecular weight is 397 g/mol. The van der Waals surface area contributed by atoms with Gasteiger partial charge in [-0.15, -0.1) is 0 Å². The van der Waals surface area contributed by atoms with Crippen LogP contribution in [-0.4, -0.2) is 32.2 Å². The Labute approximate surface area is 159 Å². The van der Waals surface area contributed by atoms with Crippen LogP contribution in [0.2, 0.25) is 0 Å². The fourth-order valence-electron chi connectivity index (χ4n) is 2.28. The van der Waals surface area contributed by atoms with E-state index in [0.717, 1.165) is 12.1 Å². The number of nitrogens with one attached hydrogen (secondary N) is 1. The lowest BCUT2D eigenvalue weighted by Crippen LogP contribution is -2.30. The van der Waals surface area contributed by atoms with Gasteiger partial charge in [0.15, 0.2) is 6.10 Å². The molecule has 1 amide bonds.